The van der Waals surface area contributed by atoms with E-state index < -0.39 is 0 Å². The highest BCUT2D eigenvalue weighted by atomic mass is 15.1. The summed E-state index contributed by atoms with van der Waals surface area (Å²) >= 11 is 0. The van der Waals surface area contributed by atoms with E-state index in [1.807, 2.05) is 24.3 Å². The molecule has 4 heteroatoms. The molecule has 0 atom stereocenters. The summed E-state index contributed by atoms with van der Waals surface area (Å²) in [4.78, 5) is 4.81. The predicted molar refractivity (Wildman–Crippen MR) is 338 cm³/mol. The van der Waals surface area contributed by atoms with E-state index in [1.165, 1.54) is 33.4 Å². The number of hydrogen-bond donors (Lipinski definition) is 0. The first-order chi connectivity index (χ1) is 38.6. The molecule has 0 bridgehead atoms. The van der Waals surface area contributed by atoms with Crippen molar-refractivity contribution in [3.05, 3.63) is 264 Å². The third-order valence-electron chi connectivity index (χ3n) is 16.0. The molecule has 0 unspecified atom stereocenters. The molecule has 12 rings (SSSR count). The Morgan fingerprint density at radius 3 is 0.850 bits per heavy atom. The van der Waals surface area contributed by atoms with Crippen LogP contribution in [0.15, 0.2) is 231 Å². The molecular weight excluding hydrogens is 969 g/mol. The second-order valence-electron chi connectivity index (χ2n) is 23.4. The Kier molecular flexibility index (Phi) is 12.9. The summed E-state index contributed by atoms with van der Waals surface area (Å²) < 4.78 is 0. The van der Waals surface area contributed by atoms with Crippen molar-refractivity contribution in [3.63, 3.8) is 0 Å². The molecular formula is C76H62N4. The van der Waals surface area contributed by atoms with Gasteiger partial charge in [-0.3, -0.25) is 0 Å². The third-order valence-corrected chi connectivity index (χ3v) is 16.0. The molecule has 0 N–H and O–H groups in total. The molecule has 0 aliphatic rings. The lowest BCUT2D eigenvalue weighted by Gasteiger charge is -2.31. The van der Waals surface area contributed by atoms with E-state index in [-0.39, 0.29) is 10.8 Å². The third kappa shape index (κ3) is 9.50. The van der Waals surface area contributed by atoms with Crippen LogP contribution in [0.4, 0.5) is 34.1 Å². The highest BCUT2D eigenvalue weighted by Gasteiger charge is 2.26. The van der Waals surface area contributed by atoms with Crippen molar-refractivity contribution in [1.29, 1.82) is 10.5 Å². The Labute approximate surface area is 471 Å². The summed E-state index contributed by atoms with van der Waals surface area (Å²) in [5.41, 5.74) is 21.3. The first kappa shape index (κ1) is 51.0. The molecule has 4 nitrogen and oxygen atoms in total. The molecule has 0 heterocycles. The predicted octanol–water partition coefficient (Wildman–Crippen LogP) is 21.1. The topological polar surface area (TPSA) is 54.1 Å². The highest BCUT2D eigenvalue weighted by molar-refractivity contribution is 6.32. The van der Waals surface area contributed by atoms with Crippen LogP contribution in [0.25, 0.3) is 76.8 Å². The lowest BCUT2D eigenvalue weighted by Crippen LogP contribution is -2.12. The molecule has 12 aromatic rings. The first-order valence-corrected chi connectivity index (χ1v) is 27.6. The largest absolute Gasteiger partial charge is 0.310 e. The Balaban J connectivity index is 1.14. The minimum Gasteiger partial charge on any atom is -0.310 e. The van der Waals surface area contributed by atoms with Gasteiger partial charge < -0.3 is 9.80 Å². The van der Waals surface area contributed by atoms with E-state index >= 15 is 0 Å². The van der Waals surface area contributed by atoms with Crippen molar-refractivity contribution >= 4 is 66.4 Å². The molecule has 386 valence electrons. The summed E-state index contributed by atoms with van der Waals surface area (Å²) in [5, 5.41) is 26.7. The molecule has 80 heavy (non-hydrogen) atoms. The van der Waals surface area contributed by atoms with E-state index in [9.17, 15) is 10.5 Å². The number of benzene rings is 12. The summed E-state index contributed by atoms with van der Waals surface area (Å²) in [6, 6.07) is 88.2. The van der Waals surface area contributed by atoms with Gasteiger partial charge >= 0.3 is 0 Å². The summed E-state index contributed by atoms with van der Waals surface area (Å²) in [7, 11) is 0. The molecule has 0 saturated carbocycles. The molecule has 0 aliphatic heterocycles. The van der Waals surface area contributed by atoms with Gasteiger partial charge in [-0.05, 0) is 176 Å². The summed E-state index contributed by atoms with van der Waals surface area (Å²) in [6.07, 6.45) is 0. The molecule has 0 aromatic heterocycles. The van der Waals surface area contributed by atoms with Crippen molar-refractivity contribution in [1.82, 2.24) is 0 Å². The first-order valence-electron chi connectivity index (χ1n) is 27.6. The van der Waals surface area contributed by atoms with Gasteiger partial charge in [-0.1, -0.05) is 198 Å². The van der Waals surface area contributed by atoms with Crippen LogP contribution in [0, 0.1) is 36.5 Å². The van der Waals surface area contributed by atoms with Crippen LogP contribution in [0.1, 0.15) is 74.9 Å². The SMILES string of the molecule is Cc1ccc(N(c2ccc(-c3ccc(C(C)(C)C)cc3)cc2)c2cc(-c3ccc(C#N)cc3)c3ccc4c(N(c5ccc(C)cc5)c5ccc(-c6ccc(C(C)(C)C)cc6)cc5)cc(-c5ccc(C#N)cc5)c5ccc2c3c54)cc1. The van der Waals surface area contributed by atoms with Crippen molar-refractivity contribution in [2.45, 2.75) is 66.2 Å². The van der Waals surface area contributed by atoms with Gasteiger partial charge in [0.2, 0.25) is 0 Å². The normalized spacial score (nSPS) is 11.7. The highest BCUT2D eigenvalue weighted by Crippen LogP contribution is 2.52. The van der Waals surface area contributed by atoms with Gasteiger partial charge in [0.05, 0.1) is 34.6 Å². The number of aryl methyl sites for hydroxylation is 2. The minimum atomic E-state index is 0.0635. The Hall–Kier alpha value is -9.74. The van der Waals surface area contributed by atoms with Crippen molar-refractivity contribution in [2.24, 2.45) is 0 Å². The van der Waals surface area contributed by atoms with Crippen LogP contribution >= 0.6 is 0 Å². The zero-order chi connectivity index (χ0) is 55.5. The van der Waals surface area contributed by atoms with Gasteiger partial charge in [0.1, 0.15) is 0 Å². The quantitative estimate of drug-likeness (QED) is 0.128. The zero-order valence-electron chi connectivity index (χ0n) is 46.7. The number of nitriles is 2. The minimum absolute atomic E-state index is 0.0635. The van der Waals surface area contributed by atoms with Crippen LogP contribution in [-0.4, -0.2) is 0 Å². The van der Waals surface area contributed by atoms with E-state index in [0.29, 0.717) is 11.1 Å². The Morgan fingerprint density at radius 1 is 0.300 bits per heavy atom. The number of nitrogens with zero attached hydrogens (tertiary/aromatic N) is 4. The maximum absolute atomic E-state index is 10.0. The van der Waals surface area contributed by atoms with Gasteiger partial charge in [-0.25, -0.2) is 0 Å². The van der Waals surface area contributed by atoms with E-state index in [0.717, 1.165) is 99.8 Å². The molecule has 0 radical (unpaired) electrons. The molecule has 0 aliphatic carbocycles. The van der Waals surface area contributed by atoms with Crippen molar-refractivity contribution in [2.75, 3.05) is 9.80 Å². The maximum atomic E-state index is 10.0. The fourth-order valence-electron chi connectivity index (χ4n) is 11.4. The summed E-state index contributed by atoms with van der Waals surface area (Å²) in [5.74, 6) is 0. The Bertz CT molecular complexity index is 4030. The lowest BCUT2D eigenvalue weighted by atomic mass is 9.85. The molecule has 0 amide bonds. The fourth-order valence-corrected chi connectivity index (χ4v) is 11.4. The van der Waals surface area contributed by atoms with Gasteiger partial charge in [0.25, 0.3) is 0 Å². The average Bonchev–Trinajstić information content (AvgIpc) is 3.61. The van der Waals surface area contributed by atoms with E-state index in [4.69, 9.17) is 0 Å². The van der Waals surface area contributed by atoms with Crippen molar-refractivity contribution in [3.8, 4) is 56.6 Å². The fraction of sp³-hybridized carbons (Fsp3) is 0.132. The average molecular weight is 1030 g/mol. The van der Waals surface area contributed by atoms with E-state index in [2.05, 4.69) is 284 Å². The smallest absolute Gasteiger partial charge is 0.0991 e. The van der Waals surface area contributed by atoms with Gasteiger partial charge in [-0.15, -0.1) is 0 Å². The van der Waals surface area contributed by atoms with Crippen LogP contribution in [0.3, 0.4) is 0 Å². The molecule has 0 fully saturated rings. The molecule has 12 aromatic carbocycles. The lowest BCUT2D eigenvalue weighted by molar-refractivity contribution is 0.590. The number of hydrogen-bond acceptors (Lipinski definition) is 4. The second kappa shape index (κ2) is 20.2. The Morgan fingerprint density at radius 2 is 0.562 bits per heavy atom. The van der Waals surface area contributed by atoms with Gasteiger partial charge in [0, 0.05) is 44.3 Å². The van der Waals surface area contributed by atoms with Gasteiger partial charge in [0.15, 0.2) is 0 Å². The molecule has 0 spiro atoms. The zero-order valence-corrected chi connectivity index (χ0v) is 46.7. The number of anilines is 6. The number of rotatable bonds is 10. The second-order valence-corrected chi connectivity index (χ2v) is 23.4. The van der Waals surface area contributed by atoms with Crippen LogP contribution < -0.4 is 9.80 Å². The maximum Gasteiger partial charge on any atom is 0.0991 e. The van der Waals surface area contributed by atoms with Crippen LogP contribution in [0.5, 0.6) is 0 Å². The standard InChI is InChI=1S/C76H62N4/c1-49-9-33-61(34-10-49)79(63-37-25-55(26-38-63)53-21-29-59(30-22-53)75(3,4)5)71-45-69(57-17-13-51(47-77)14-18-57)65-42-44-68-72(46-70(58-19-15-52(48-78)16-20-58)66-41-43-67(71)73(65)74(66)68)80(62-35-11-50(2)12-36-62)64-39-27-56(28-40-64)54-23-31-60(32-24-54)76(6,7)8/h9-46H,1-8H3. The molecule has 0 saturated heterocycles. The summed E-state index contributed by atoms with van der Waals surface area (Å²) in [6.45, 7) is 17.8. The van der Waals surface area contributed by atoms with Crippen LogP contribution in [-0.2, 0) is 10.8 Å². The van der Waals surface area contributed by atoms with Crippen LogP contribution in [0.2, 0.25) is 0 Å². The monoisotopic (exact) mass is 1030 g/mol. The van der Waals surface area contributed by atoms with E-state index in [1.54, 1.807) is 0 Å². The van der Waals surface area contributed by atoms with Crippen molar-refractivity contribution < 1.29 is 0 Å². The van der Waals surface area contributed by atoms with Gasteiger partial charge in [-0.2, -0.15) is 10.5 Å².